The van der Waals surface area contributed by atoms with Gasteiger partial charge in [-0.2, -0.15) is 5.26 Å². The number of aromatic nitrogens is 2. The molecule has 1 N–H and O–H groups in total. The molecule has 1 aliphatic heterocycles. The normalized spacial score (nSPS) is 19.2. The maximum absolute atomic E-state index is 8.74. The summed E-state index contributed by atoms with van der Waals surface area (Å²) in [6, 6.07) is 2.49. The molecule has 1 saturated heterocycles. The molecule has 2 rings (SSSR count). The van der Waals surface area contributed by atoms with Gasteiger partial charge in [-0.05, 0) is 25.8 Å². The fourth-order valence-corrected chi connectivity index (χ4v) is 2.35. The molecule has 0 bridgehead atoms. The van der Waals surface area contributed by atoms with Crippen LogP contribution in [-0.2, 0) is 0 Å². The molecule has 1 atom stereocenters. The second-order valence-corrected chi connectivity index (χ2v) is 4.57. The third kappa shape index (κ3) is 2.96. The lowest BCUT2D eigenvalue weighted by atomic mass is 10.1. The number of nitrogens with zero attached hydrogens (tertiary/aromatic N) is 4. The number of nitriles is 1. The first-order chi connectivity index (χ1) is 8.85. The molecule has 1 aromatic heterocycles. The molecule has 1 aliphatic rings. The number of hydrogen-bond acceptors (Lipinski definition) is 5. The van der Waals surface area contributed by atoms with Crippen LogP contribution in [0.25, 0.3) is 0 Å². The van der Waals surface area contributed by atoms with Crippen LogP contribution in [0.1, 0.15) is 31.9 Å². The van der Waals surface area contributed by atoms with Gasteiger partial charge in [-0.15, -0.1) is 0 Å². The second kappa shape index (κ2) is 6.31. The minimum absolute atomic E-state index is 0.372. The average Bonchev–Trinajstić information content (AvgIpc) is 2.46. The van der Waals surface area contributed by atoms with E-state index in [9.17, 15) is 0 Å². The summed E-state index contributed by atoms with van der Waals surface area (Å²) in [5.74, 6) is 0.879. The molecule has 0 radical (unpaired) electrons. The van der Waals surface area contributed by atoms with E-state index in [0.29, 0.717) is 11.7 Å². The van der Waals surface area contributed by atoms with Gasteiger partial charge in [-0.1, -0.05) is 6.92 Å². The summed E-state index contributed by atoms with van der Waals surface area (Å²) in [7, 11) is 0. The van der Waals surface area contributed by atoms with E-state index in [1.54, 1.807) is 12.4 Å². The van der Waals surface area contributed by atoms with Crippen LogP contribution in [0.5, 0.6) is 0 Å². The van der Waals surface area contributed by atoms with Crippen molar-refractivity contribution in [1.82, 2.24) is 15.3 Å². The minimum Gasteiger partial charge on any atom is -0.351 e. The molecule has 0 aromatic carbocycles. The Hall–Kier alpha value is -1.67. The molecule has 0 amide bonds. The monoisotopic (exact) mass is 245 g/mol. The highest BCUT2D eigenvalue weighted by Gasteiger charge is 2.21. The largest absolute Gasteiger partial charge is 0.351 e. The molecule has 1 fully saturated rings. The summed E-state index contributed by atoms with van der Waals surface area (Å²) in [6.07, 6.45) is 6.73. The van der Waals surface area contributed by atoms with Gasteiger partial charge in [0, 0.05) is 19.1 Å². The van der Waals surface area contributed by atoms with Crippen molar-refractivity contribution in [2.45, 2.75) is 32.2 Å². The zero-order valence-electron chi connectivity index (χ0n) is 10.8. The van der Waals surface area contributed by atoms with Crippen LogP contribution >= 0.6 is 0 Å². The Bertz CT molecular complexity index is 402. The zero-order valence-corrected chi connectivity index (χ0v) is 10.8. The van der Waals surface area contributed by atoms with Crippen LogP contribution in [0.15, 0.2) is 12.4 Å². The lowest BCUT2D eigenvalue weighted by Crippen LogP contribution is -2.46. The second-order valence-electron chi connectivity index (χ2n) is 4.57. The minimum atomic E-state index is 0.372. The first-order valence-corrected chi connectivity index (χ1v) is 6.54. The van der Waals surface area contributed by atoms with Crippen LogP contribution in [0, 0.1) is 11.3 Å². The van der Waals surface area contributed by atoms with E-state index in [0.717, 1.165) is 31.9 Å². The highest BCUT2D eigenvalue weighted by molar-refractivity contribution is 5.39. The quantitative estimate of drug-likeness (QED) is 0.866. The Labute approximate surface area is 108 Å². The Morgan fingerprint density at radius 2 is 2.39 bits per heavy atom. The predicted octanol–water partition coefficient (Wildman–Crippen LogP) is 1.32. The first kappa shape index (κ1) is 12.8. The van der Waals surface area contributed by atoms with Gasteiger partial charge in [-0.25, -0.2) is 9.97 Å². The molecule has 2 heterocycles. The lowest BCUT2D eigenvalue weighted by Gasteiger charge is -2.35. The molecule has 0 saturated carbocycles. The van der Waals surface area contributed by atoms with Crippen molar-refractivity contribution in [2.75, 3.05) is 24.5 Å². The van der Waals surface area contributed by atoms with Gasteiger partial charge >= 0.3 is 0 Å². The lowest BCUT2D eigenvalue weighted by molar-refractivity contribution is 0.428. The fourth-order valence-electron chi connectivity index (χ4n) is 2.35. The SMILES string of the molecule is CCCN(c1cnc(C#N)cn1)C1CCCNC1. The van der Waals surface area contributed by atoms with E-state index in [4.69, 9.17) is 5.26 Å². The van der Waals surface area contributed by atoms with Crippen molar-refractivity contribution < 1.29 is 0 Å². The van der Waals surface area contributed by atoms with Gasteiger partial charge in [0.1, 0.15) is 11.9 Å². The number of anilines is 1. The van der Waals surface area contributed by atoms with E-state index in [-0.39, 0.29) is 0 Å². The van der Waals surface area contributed by atoms with Gasteiger partial charge in [0.15, 0.2) is 5.69 Å². The Morgan fingerprint density at radius 1 is 1.50 bits per heavy atom. The summed E-state index contributed by atoms with van der Waals surface area (Å²) in [6.45, 7) is 5.25. The molecule has 0 spiro atoms. The smallest absolute Gasteiger partial charge is 0.158 e. The zero-order chi connectivity index (χ0) is 12.8. The summed E-state index contributed by atoms with van der Waals surface area (Å²) in [5.41, 5.74) is 0.372. The van der Waals surface area contributed by atoms with Gasteiger partial charge in [0.05, 0.1) is 12.4 Å². The van der Waals surface area contributed by atoms with E-state index in [2.05, 4.69) is 27.1 Å². The number of hydrogen-bond donors (Lipinski definition) is 1. The van der Waals surface area contributed by atoms with E-state index in [1.165, 1.54) is 12.8 Å². The Morgan fingerprint density at radius 3 is 2.94 bits per heavy atom. The molecule has 0 aliphatic carbocycles. The molecule has 18 heavy (non-hydrogen) atoms. The van der Waals surface area contributed by atoms with Gasteiger partial charge in [0.25, 0.3) is 0 Å². The molecule has 96 valence electrons. The van der Waals surface area contributed by atoms with Crippen molar-refractivity contribution in [3.05, 3.63) is 18.1 Å². The summed E-state index contributed by atoms with van der Waals surface area (Å²) in [4.78, 5) is 10.8. The van der Waals surface area contributed by atoms with Crippen LogP contribution in [0.2, 0.25) is 0 Å². The van der Waals surface area contributed by atoms with Crippen LogP contribution in [0.4, 0.5) is 5.82 Å². The number of piperidine rings is 1. The maximum atomic E-state index is 8.74. The molecular formula is C13H19N5. The Kier molecular flexibility index (Phi) is 4.48. The fraction of sp³-hybridized carbons (Fsp3) is 0.615. The van der Waals surface area contributed by atoms with Crippen LogP contribution < -0.4 is 10.2 Å². The average molecular weight is 245 g/mol. The number of rotatable bonds is 4. The van der Waals surface area contributed by atoms with Gasteiger partial charge < -0.3 is 10.2 Å². The summed E-state index contributed by atoms with van der Waals surface area (Å²) >= 11 is 0. The predicted molar refractivity (Wildman–Crippen MR) is 70.3 cm³/mol. The van der Waals surface area contributed by atoms with E-state index >= 15 is 0 Å². The third-order valence-electron chi connectivity index (χ3n) is 3.22. The van der Waals surface area contributed by atoms with Gasteiger partial charge in [-0.3, -0.25) is 0 Å². The molecule has 5 heteroatoms. The van der Waals surface area contributed by atoms with Crippen molar-refractivity contribution >= 4 is 5.82 Å². The van der Waals surface area contributed by atoms with Crippen LogP contribution in [0.3, 0.4) is 0 Å². The number of nitrogens with one attached hydrogen (secondary N) is 1. The van der Waals surface area contributed by atoms with Crippen molar-refractivity contribution in [3.63, 3.8) is 0 Å². The van der Waals surface area contributed by atoms with Crippen LogP contribution in [-0.4, -0.2) is 35.6 Å². The van der Waals surface area contributed by atoms with E-state index in [1.807, 2.05) is 6.07 Å². The summed E-state index contributed by atoms with van der Waals surface area (Å²) in [5, 5.41) is 12.2. The summed E-state index contributed by atoms with van der Waals surface area (Å²) < 4.78 is 0. The standard InChI is InChI=1S/C13H19N5/c1-2-6-18(12-4-3-5-15-9-12)13-10-16-11(7-14)8-17-13/h8,10,12,15H,2-6,9H2,1H3. The van der Waals surface area contributed by atoms with Gasteiger partial charge in [0.2, 0.25) is 0 Å². The highest BCUT2D eigenvalue weighted by atomic mass is 15.2. The van der Waals surface area contributed by atoms with Crippen molar-refractivity contribution in [1.29, 1.82) is 5.26 Å². The third-order valence-corrected chi connectivity index (χ3v) is 3.22. The highest BCUT2D eigenvalue weighted by Crippen LogP contribution is 2.18. The molecule has 1 aromatic rings. The van der Waals surface area contributed by atoms with Crippen molar-refractivity contribution in [3.8, 4) is 6.07 Å². The molecular weight excluding hydrogens is 226 g/mol. The van der Waals surface area contributed by atoms with E-state index < -0.39 is 0 Å². The maximum Gasteiger partial charge on any atom is 0.158 e. The molecule has 1 unspecified atom stereocenters. The first-order valence-electron chi connectivity index (χ1n) is 6.54. The Balaban J connectivity index is 2.14. The van der Waals surface area contributed by atoms with Crippen molar-refractivity contribution in [2.24, 2.45) is 0 Å². The molecule has 5 nitrogen and oxygen atoms in total. The topological polar surface area (TPSA) is 64.8 Å².